The van der Waals surface area contributed by atoms with Gasteiger partial charge in [-0.15, -0.1) is 12.4 Å². The fraction of sp³-hybridized carbons (Fsp3) is 0.769. The summed E-state index contributed by atoms with van der Waals surface area (Å²) < 4.78 is 0. The second-order valence-corrected chi connectivity index (χ2v) is 5.94. The number of hydrogen-bond donors (Lipinski definition) is 3. The van der Waals surface area contributed by atoms with Crippen molar-refractivity contribution in [1.29, 1.82) is 0 Å². The Morgan fingerprint density at radius 1 is 1.52 bits per heavy atom. The lowest BCUT2D eigenvalue weighted by Gasteiger charge is -2.20. The third-order valence-corrected chi connectivity index (χ3v) is 4.05. The first-order valence-corrected chi connectivity index (χ1v) is 6.99. The molecule has 1 saturated heterocycles. The number of urea groups is 1. The Morgan fingerprint density at radius 3 is 2.67 bits per heavy atom. The molecule has 0 bridgehead atoms. The summed E-state index contributed by atoms with van der Waals surface area (Å²) in [6.45, 7) is 4.34. The molecule has 0 spiro atoms. The normalized spacial score (nSPS) is 26.1. The maximum absolute atomic E-state index is 12.3. The van der Waals surface area contributed by atoms with Gasteiger partial charge in [-0.25, -0.2) is 4.79 Å². The number of nitrogens with one attached hydrogen (secondary N) is 2. The first kappa shape index (κ1) is 17.7. The van der Waals surface area contributed by atoms with Crippen LogP contribution >= 0.6 is 12.4 Å². The number of carbonyl (C=O) groups is 3. The number of amides is 4. The molecule has 2 rings (SSSR count). The molecule has 0 aromatic rings. The number of imide groups is 1. The van der Waals surface area contributed by atoms with Gasteiger partial charge in [-0.05, 0) is 38.1 Å². The van der Waals surface area contributed by atoms with Gasteiger partial charge < -0.3 is 16.4 Å². The number of nitrogens with two attached hydrogens (primary N) is 1. The van der Waals surface area contributed by atoms with Crippen LogP contribution in [0.4, 0.5) is 4.79 Å². The lowest BCUT2D eigenvalue weighted by Crippen LogP contribution is -2.47. The van der Waals surface area contributed by atoms with E-state index in [0.29, 0.717) is 13.1 Å². The summed E-state index contributed by atoms with van der Waals surface area (Å²) >= 11 is 0. The van der Waals surface area contributed by atoms with E-state index in [1.165, 1.54) is 0 Å². The molecule has 2 atom stereocenters. The van der Waals surface area contributed by atoms with E-state index in [4.69, 9.17) is 5.73 Å². The molecule has 1 heterocycles. The van der Waals surface area contributed by atoms with Crippen LogP contribution in [0.5, 0.6) is 0 Å². The number of carbonyl (C=O) groups excluding carboxylic acids is 3. The minimum Gasteiger partial charge on any atom is -0.354 e. The first-order chi connectivity index (χ1) is 9.38. The summed E-state index contributed by atoms with van der Waals surface area (Å²) in [7, 11) is 0. The smallest absolute Gasteiger partial charge is 0.325 e. The van der Waals surface area contributed by atoms with E-state index in [2.05, 4.69) is 10.6 Å². The van der Waals surface area contributed by atoms with Crippen molar-refractivity contribution in [3.05, 3.63) is 0 Å². The van der Waals surface area contributed by atoms with Crippen LogP contribution in [0.2, 0.25) is 0 Å². The van der Waals surface area contributed by atoms with E-state index in [1.807, 2.05) is 6.92 Å². The third-order valence-electron chi connectivity index (χ3n) is 4.05. The minimum absolute atomic E-state index is 0. The molecule has 4 N–H and O–H groups in total. The highest BCUT2D eigenvalue weighted by Crippen LogP contribution is 2.42. The zero-order chi connectivity index (χ0) is 14.9. The minimum atomic E-state index is -0.831. The highest BCUT2D eigenvalue weighted by molar-refractivity contribution is 6.09. The summed E-state index contributed by atoms with van der Waals surface area (Å²) in [4.78, 5) is 36.9. The predicted molar refractivity (Wildman–Crippen MR) is 79.8 cm³/mol. The molecule has 0 aromatic heterocycles. The Hall–Kier alpha value is -1.34. The van der Waals surface area contributed by atoms with Crippen LogP contribution in [0, 0.1) is 11.8 Å². The molecule has 1 saturated carbocycles. The molecule has 120 valence electrons. The Balaban J connectivity index is 0.00000220. The second kappa shape index (κ2) is 6.62. The summed E-state index contributed by atoms with van der Waals surface area (Å²) in [5.74, 6) is -0.274. The fourth-order valence-electron chi connectivity index (χ4n) is 2.37. The summed E-state index contributed by atoms with van der Waals surface area (Å²) in [5, 5.41) is 5.39. The van der Waals surface area contributed by atoms with E-state index in [-0.39, 0.29) is 42.6 Å². The molecule has 2 fully saturated rings. The van der Waals surface area contributed by atoms with E-state index in [9.17, 15) is 14.4 Å². The lowest BCUT2D eigenvalue weighted by atomic mass is 9.96. The van der Waals surface area contributed by atoms with E-state index in [0.717, 1.165) is 17.7 Å². The van der Waals surface area contributed by atoms with Crippen LogP contribution in [0.1, 0.15) is 26.7 Å². The number of halogens is 1. The molecule has 2 unspecified atom stereocenters. The summed E-state index contributed by atoms with van der Waals surface area (Å²) in [5.41, 5.74) is 4.63. The van der Waals surface area contributed by atoms with Gasteiger partial charge in [0.1, 0.15) is 12.1 Å². The number of hydrogen-bond acceptors (Lipinski definition) is 4. The molecule has 1 aliphatic carbocycles. The zero-order valence-electron chi connectivity index (χ0n) is 12.3. The first-order valence-electron chi connectivity index (χ1n) is 6.99. The number of nitrogens with zero attached hydrogens (tertiary/aromatic N) is 1. The van der Waals surface area contributed by atoms with Crippen molar-refractivity contribution in [1.82, 2.24) is 15.5 Å². The van der Waals surface area contributed by atoms with Gasteiger partial charge in [0, 0.05) is 6.54 Å². The number of rotatable bonds is 6. The van der Waals surface area contributed by atoms with Crippen LogP contribution in [-0.2, 0) is 9.59 Å². The molecule has 8 heteroatoms. The van der Waals surface area contributed by atoms with Crippen molar-refractivity contribution in [2.45, 2.75) is 32.2 Å². The van der Waals surface area contributed by atoms with Crippen LogP contribution in [-0.4, -0.2) is 47.9 Å². The average molecular weight is 319 g/mol. The van der Waals surface area contributed by atoms with E-state index >= 15 is 0 Å². The van der Waals surface area contributed by atoms with Crippen molar-refractivity contribution >= 4 is 30.3 Å². The average Bonchev–Trinajstić information content (AvgIpc) is 3.22. The van der Waals surface area contributed by atoms with Gasteiger partial charge in [0.25, 0.3) is 5.91 Å². The maximum atomic E-state index is 12.3. The van der Waals surface area contributed by atoms with Gasteiger partial charge in [0.05, 0.1) is 0 Å². The van der Waals surface area contributed by atoms with Crippen LogP contribution in [0.25, 0.3) is 0 Å². The van der Waals surface area contributed by atoms with Gasteiger partial charge in [-0.1, -0.05) is 6.92 Å². The van der Waals surface area contributed by atoms with Crippen LogP contribution < -0.4 is 16.4 Å². The zero-order valence-corrected chi connectivity index (χ0v) is 13.2. The quantitative estimate of drug-likeness (QED) is 0.592. The lowest BCUT2D eigenvalue weighted by molar-refractivity contribution is -0.135. The third kappa shape index (κ3) is 3.65. The molecular formula is C13H23ClN4O3. The Bertz CT molecular complexity index is 441. The summed E-state index contributed by atoms with van der Waals surface area (Å²) in [6, 6.07) is -0.480. The van der Waals surface area contributed by atoms with Gasteiger partial charge in [0.2, 0.25) is 5.91 Å². The largest absolute Gasteiger partial charge is 0.354 e. The van der Waals surface area contributed by atoms with Crippen LogP contribution in [0.3, 0.4) is 0 Å². The van der Waals surface area contributed by atoms with Gasteiger partial charge >= 0.3 is 6.03 Å². The Kier molecular flexibility index (Phi) is 5.58. The van der Waals surface area contributed by atoms with Gasteiger partial charge in [-0.3, -0.25) is 14.5 Å². The van der Waals surface area contributed by atoms with Crippen molar-refractivity contribution in [3.8, 4) is 0 Å². The Morgan fingerprint density at radius 2 is 2.14 bits per heavy atom. The molecule has 2 aliphatic rings. The van der Waals surface area contributed by atoms with E-state index in [1.54, 1.807) is 6.92 Å². The van der Waals surface area contributed by atoms with Gasteiger partial charge in [0.15, 0.2) is 0 Å². The molecule has 21 heavy (non-hydrogen) atoms. The molecule has 0 aromatic carbocycles. The van der Waals surface area contributed by atoms with Crippen molar-refractivity contribution < 1.29 is 14.4 Å². The van der Waals surface area contributed by atoms with Gasteiger partial charge in [-0.2, -0.15) is 0 Å². The fourth-order valence-corrected chi connectivity index (χ4v) is 2.37. The van der Waals surface area contributed by atoms with E-state index < -0.39 is 11.6 Å². The van der Waals surface area contributed by atoms with Crippen molar-refractivity contribution in [3.63, 3.8) is 0 Å². The highest BCUT2D eigenvalue weighted by Gasteiger charge is 2.56. The molecule has 4 amide bonds. The second-order valence-electron chi connectivity index (χ2n) is 5.94. The topological polar surface area (TPSA) is 105 Å². The Labute approximate surface area is 130 Å². The van der Waals surface area contributed by atoms with Crippen molar-refractivity contribution in [2.75, 3.05) is 19.6 Å². The molecule has 7 nitrogen and oxygen atoms in total. The molecule has 1 aliphatic heterocycles. The molecule has 0 radical (unpaired) electrons. The SMILES string of the molecule is CC(CN)CNC(=O)CN1C(=O)NC(C)(C2CC2)C1=O.Cl. The maximum Gasteiger partial charge on any atom is 0.325 e. The highest BCUT2D eigenvalue weighted by atomic mass is 35.5. The monoisotopic (exact) mass is 318 g/mol. The summed E-state index contributed by atoms with van der Waals surface area (Å²) in [6.07, 6.45) is 1.88. The van der Waals surface area contributed by atoms with Crippen molar-refractivity contribution in [2.24, 2.45) is 17.6 Å². The molecular weight excluding hydrogens is 296 g/mol. The van der Waals surface area contributed by atoms with Crippen LogP contribution in [0.15, 0.2) is 0 Å². The predicted octanol–water partition coefficient (Wildman–Crippen LogP) is -0.160. The standard InChI is InChI=1S/C13H22N4O3.ClH/c1-8(5-14)6-15-10(18)7-17-11(19)13(2,9-3-4-9)16-12(17)20;/h8-9H,3-7,14H2,1-2H3,(H,15,18)(H,16,20);1H.